The second-order valence-corrected chi connectivity index (χ2v) is 6.59. The summed E-state index contributed by atoms with van der Waals surface area (Å²) in [5.41, 5.74) is 3.67. The Morgan fingerprint density at radius 3 is 2.61 bits per heavy atom. The number of thiophene rings is 1. The Morgan fingerprint density at radius 1 is 1.28 bits per heavy atom. The van der Waals surface area contributed by atoms with Crippen molar-refractivity contribution < 1.29 is 0 Å². The molecule has 2 aromatic rings. The quantitative estimate of drug-likeness (QED) is 0.817. The van der Waals surface area contributed by atoms with E-state index in [-0.39, 0.29) is 6.04 Å². The molecule has 0 fully saturated rings. The molecule has 4 heteroatoms. The normalized spacial score (nSPS) is 12.7. The molecule has 0 saturated carbocycles. The maximum atomic E-state index is 6.15. The fraction of sp³-hybridized carbons (Fsp3) is 0.286. The number of halogens is 2. The van der Waals surface area contributed by atoms with Crippen LogP contribution in [0.5, 0.6) is 0 Å². The van der Waals surface area contributed by atoms with Gasteiger partial charge in [0.05, 0.1) is 8.67 Å². The number of hydrogen-bond donors (Lipinski definition) is 1. The van der Waals surface area contributed by atoms with Crippen LogP contribution < -0.4 is 5.32 Å². The van der Waals surface area contributed by atoms with Gasteiger partial charge in [-0.05, 0) is 36.6 Å². The van der Waals surface area contributed by atoms with E-state index in [9.17, 15) is 0 Å². The molecule has 1 aromatic heterocycles. The zero-order valence-electron chi connectivity index (χ0n) is 10.3. The van der Waals surface area contributed by atoms with Crippen molar-refractivity contribution in [3.63, 3.8) is 0 Å². The van der Waals surface area contributed by atoms with E-state index in [1.54, 1.807) is 0 Å². The average molecular weight is 300 g/mol. The highest BCUT2D eigenvalue weighted by molar-refractivity contribution is 7.20. The van der Waals surface area contributed by atoms with Gasteiger partial charge in [-0.15, -0.1) is 11.3 Å². The predicted octanol–water partition coefficient (Wildman–Crippen LogP) is 5.21. The van der Waals surface area contributed by atoms with Crippen LogP contribution in [-0.2, 0) is 6.54 Å². The second-order valence-electron chi connectivity index (χ2n) is 4.31. The molecule has 1 nitrogen and oxygen atoms in total. The summed E-state index contributed by atoms with van der Waals surface area (Å²) < 4.78 is 1.50. The molecule has 0 amide bonds. The standard InChI is InChI=1S/C14H15Cl2NS/c1-9-5-3-4-6-11(9)8-17-10(2)12-7-13(15)18-14(12)16/h3-7,10,17H,8H2,1-2H3. The van der Waals surface area contributed by atoms with Gasteiger partial charge >= 0.3 is 0 Å². The lowest BCUT2D eigenvalue weighted by Crippen LogP contribution is -2.18. The van der Waals surface area contributed by atoms with E-state index in [4.69, 9.17) is 23.2 Å². The van der Waals surface area contributed by atoms with Crippen LogP contribution in [0.3, 0.4) is 0 Å². The molecule has 0 aliphatic heterocycles. The number of aryl methyl sites for hydroxylation is 1. The molecule has 1 unspecified atom stereocenters. The van der Waals surface area contributed by atoms with Crippen LogP contribution in [0.4, 0.5) is 0 Å². The summed E-state index contributed by atoms with van der Waals surface area (Å²) in [4.78, 5) is 0. The Balaban J connectivity index is 2.03. The summed E-state index contributed by atoms with van der Waals surface area (Å²) in [7, 11) is 0. The average Bonchev–Trinajstić information content (AvgIpc) is 2.67. The van der Waals surface area contributed by atoms with Gasteiger partial charge in [-0.25, -0.2) is 0 Å². The van der Waals surface area contributed by atoms with Crippen LogP contribution in [0.1, 0.15) is 29.7 Å². The first-order valence-corrected chi connectivity index (χ1v) is 7.38. The van der Waals surface area contributed by atoms with Crippen molar-refractivity contribution in [2.75, 3.05) is 0 Å². The lowest BCUT2D eigenvalue weighted by atomic mass is 10.1. The van der Waals surface area contributed by atoms with Crippen LogP contribution in [-0.4, -0.2) is 0 Å². The van der Waals surface area contributed by atoms with E-state index < -0.39 is 0 Å². The predicted molar refractivity (Wildman–Crippen MR) is 80.8 cm³/mol. The van der Waals surface area contributed by atoms with E-state index in [0.717, 1.165) is 20.8 Å². The van der Waals surface area contributed by atoms with Crippen molar-refractivity contribution >= 4 is 34.5 Å². The Kier molecular flexibility index (Phi) is 4.68. The van der Waals surface area contributed by atoms with Crippen LogP contribution in [0.25, 0.3) is 0 Å². The molecule has 2 rings (SSSR count). The highest BCUT2D eigenvalue weighted by Crippen LogP contribution is 2.34. The lowest BCUT2D eigenvalue weighted by Gasteiger charge is -2.14. The highest BCUT2D eigenvalue weighted by Gasteiger charge is 2.13. The molecule has 1 N–H and O–H groups in total. The van der Waals surface area contributed by atoms with Gasteiger partial charge in [0.25, 0.3) is 0 Å². The number of rotatable bonds is 4. The van der Waals surface area contributed by atoms with Crippen molar-refractivity contribution in [2.24, 2.45) is 0 Å². The molecule has 18 heavy (non-hydrogen) atoms. The monoisotopic (exact) mass is 299 g/mol. The molecule has 0 spiro atoms. The van der Waals surface area contributed by atoms with E-state index in [1.165, 1.54) is 22.5 Å². The van der Waals surface area contributed by atoms with Crippen LogP contribution >= 0.6 is 34.5 Å². The van der Waals surface area contributed by atoms with E-state index in [1.807, 2.05) is 6.07 Å². The van der Waals surface area contributed by atoms with Gasteiger partial charge in [0.15, 0.2) is 0 Å². The zero-order chi connectivity index (χ0) is 13.1. The second kappa shape index (κ2) is 6.07. The molecule has 0 bridgehead atoms. The highest BCUT2D eigenvalue weighted by atomic mass is 35.5. The summed E-state index contributed by atoms with van der Waals surface area (Å²) in [5.74, 6) is 0. The van der Waals surface area contributed by atoms with Gasteiger partial charge in [-0.2, -0.15) is 0 Å². The SMILES string of the molecule is Cc1ccccc1CNC(C)c1cc(Cl)sc1Cl. The van der Waals surface area contributed by atoms with E-state index in [0.29, 0.717) is 0 Å². The lowest BCUT2D eigenvalue weighted by molar-refractivity contribution is 0.575. The third-order valence-electron chi connectivity index (χ3n) is 3.01. The third-order valence-corrected chi connectivity index (χ3v) is 4.53. The van der Waals surface area contributed by atoms with E-state index in [2.05, 4.69) is 43.4 Å². The van der Waals surface area contributed by atoms with Gasteiger partial charge in [0.2, 0.25) is 0 Å². The number of nitrogens with one attached hydrogen (secondary N) is 1. The topological polar surface area (TPSA) is 12.0 Å². The molecule has 1 heterocycles. The first-order chi connectivity index (χ1) is 8.58. The molecule has 0 radical (unpaired) electrons. The Labute approximate surface area is 122 Å². The molecule has 0 aliphatic carbocycles. The summed E-state index contributed by atoms with van der Waals surface area (Å²) in [6.45, 7) is 5.05. The zero-order valence-corrected chi connectivity index (χ0v) is 12.7. The van der Waals surface area contributed by atoms with Gasteiger partial charge in [-0.3, -0.25) is 0 Å². The molecule has 96 valence electrons. The fourth-order valence-electron chi connectivity index (χ4n) is 1.83. The summed E-state index contributed by atoms with van der Waals surface area (Å²) in [6, 6.07) is 10.5. The van der Waals surface area contributed by atoms with E-state index >= 15 is 0 Å². The summed E-state index contributed by atoms with van der Waals surface area (Å²) in [5, 5.41) is 3.47. The first-order valence-electron chi connectivity index (χ1n) is 5.80. The number of benzene rings is 1. The van der Waals surface area contributed by atoms with Gasteiger partial charge in [-0.1, -0.05) is 47.5 Å². The molecular formula is C14H15Cl2NS. The van der Waals surface area contributed by atoms with Crippen molar-refractivity contribution in [3.8, 4) is 0 Å². The van der Waals surface area contributed by atoms with Gasteiger partial charge < -0.3 is 5.32 Å². The minimum Gasteiger partial charge on any atom is -0.306 e. The Bertz CT molecular complexity index is 536. The maximum absolute atomic E-state index is 6.15. The minimum atomic E-state index is 0.195. The maximum Gasteiger partial charge on any atom is 0.0991 e. The molecule has 1 aromatic carbocycles. The summed E-state index contributed by atoms with van der Waals surface area (Å²) >= 11 is 13.5. The van der Waals surface area contributed by atoms with Crippen molar-refractivity contribution in [1.82, 2.24) is 5.32 Å². The van der Waals surface area contributed by atoms with Gasteiger partial charge in [0, 0.05) is 12.6 Å². The van der Waals surface area contributed by atoms with Crippen molar-refractivity contribution in [3.05, 3.63) is 55.7 Å². The largest absolute Gasteiger partial charge is 0.306 e. The molecular weight excluding hydrogens is 285 g/mol. The Morgan fingerprint density at radius 2 is 2.00 bits per heavy atom. The van der Waals surface area contributed by atoms with Crippen LogP contribution in [0.15, 0.2) is 30.3 Å². The first kappa shape index (κ1) is 13.9. The molecule has 0 aliphatic rings. The molecule has 0 saturated heterocycles. The van der Waals surface area contributed by atoms with Crippen LogP contribution in [0, 0.1) is 6.92 Å². The number of hydrogen-bond acceptors (Lipinski definition) is 2. The van der Waals surface area contributed by atoms with Crippen LogP contribution in [0.2, 0.25) is 8.67 Å². The van der Waals surface area contributed by atoms with Gasteiger partial charge in [0.1, 0.15) is 0 Å². The van der Waals surface area contributed by atoms with Crippen molar-refractivity contribution in [2.45, 2.75) is 26.4 Å². The third kappa shape index (κ3) is 3.27. The Hall–Kier alpha value is -0.540. The van der Waals surface area contributed by atoms with Crippen molar-refractivity contribution in [1.29, 1.82) is 0 Å². The molecule has 1 atom stereocenters. The fourth-order valence-corrected chi connectivity index (χ4v) is 3.48. The minimum absolute atomic E-state index is 0.195. The smallest absolute Gasteiger partial charge is 0.0991 e. The summed E-state index contributed by atoms with van der Waals surface area (Å²) in [6.07, 6.45) is 0.